The van der Waals surface area contributed by atoms with E-state index in [2.05, 4.69) is 5.32 Å². The third kappa shape index (κ3) is 2.99. The lowest BCUT2D eigenvalue weighted by atomic mass is 10.1. The van der Waals surface area contributed by atoms with E-state index in [1.54, 1.807) is 0 Å². The first-order valence-corrected chi connectivity index (χ1v) is 6.28. The summed E-state index contributed by atoms with van der Waals surface area (Å²) < 4.78 is 5.32. The van der Waals surface area contributed by atoms with Gasteiger partial charge < -0.3 is 10.1 Å². The highest BCUT2D eigenvalue weighted by Gasteiger charge is 2.14. The van der Waals surface area contributed by atoms with Crippen molar-refractivity contribution in [2.75, 3.05) is 12.4 Å². The summed E-state index contributed by atoms with van der Waals surface area (Å²) in [7, 11) is 0. The van der Waals surface area contributed by atoms with Gasteiger partial charge in [-0.3, -0.25) is 4.79 Å². The van der Waals surface area contributed by atoms with Gasteiger partial charge in [0.25, 0.3) is 5.91 Å². The van der Waals surface area contributed by atoms with Crippen LogP contribution in [0.1, 0.15) is 28.4 Å². The Morgan fingerprint density at radius 1 is 1.47 bits per heavy atom. The number of rotatable bonds is 4. The van der Waals surface area contributed by atoms with Gasteiger partial charge in [-0.2, -0.15) is 0 Å². The summed E-state index contributed by atoms with van der Waals surface area (Å²) >= 11 is 5.69. The Morgan fingerprint density at radius 3 is 3.00 bits per heavy atom. The second kappa shape index (κ2) is 5.52. The van der Waals surface area contributed by atoms with Crippen LogP contribution in [-0.2, 0) is 18.0 Å². The summed E-state index contributed by atoms with van der Waals surface area (Å²) in [6, 6.07) is 5.71. The highest BCUT2D eigenvalue weighted by molar-refractivity contribution is 6.18. The normalized spacial score (nSPS) is 15.4. The molecule has 4 heteroatoms. The summed E-state index contributed by atoms with van der Waals surface area (Å²) in [4.78, 5) is 11.9. The van der Waals surface area contributed by atoms with Crippen molar-refractivity contribution in [2.45, 2.75) is 20.1 Å². The molecule has 0 aliphatic carbocycles. The van der Waals surface area contributed by atoms with Crippen LogP contribution in [0.15, 0.2) is 18.2 Å². The molecular formula is C13H16ClNO2. The molecule has 0 bridgehead atoms. The van der Waals surface area contributed by atoms with E-state index in [-0.39, 0.29) is 5.91 Å². The van der Waals surface area contributed by atoms with Crippen LogP contribution in [0.25, 0.3) is 0 Å². The van der Waals surface area contributed by atoms with Gasteiger partial charge in [-0.05, 0) is 29.2 Å². The minimum atomic E-state index is -0.0448. The average Bonchev–Trinajstić information content (AvgIpc) is 2.82. The van der Waals surface area contributed by atoms with Gasteiger partial charge in [-0.15, -0.1) is 11.6 Å². The maximum Gasteiger partial charge on any atom is 0.251 e. The molecule has 0 saturated heterocycles. The molecule has 1 heterocycles. The number of amides is 1. The molecular weight excluding hydrogens is 238 g/mol. The van der Waals surface area contributed by atoms with Gasteiger partial charge in [-0.1, -0.05) is 13.0 Å². The van der Waals surface area contributed by atoms with Crippen LogP contribution in [0.5, 0.6) is 0 Å². The SMILES string of the molecule is CC(CCl)CNC(=O)c1ccc2c(c1)COC2. The Labute approximate surface area is 106 Å². The van der Waals surface area contributed by atoms with E-state index in [1.165, 1.54) is 5.56 Å². The molecule has 2 rings (SSSR count). The molecule has 0 fully saturated rings. The predicted molar refractivity (Wildman–Crippen MR) is 67.2 cm³/mol. The van der Waals surface area contributed by atoms with Gasteiger partial charge in [0.15, 0.2) is 0 Å². The van der Waals surface area contributed by atoms with Crippen molar-refractivity contribution in [3.8, 4) is 0 Å². The van der Waals surface area contributed by atoms with Crippen molar-refractivity contribution in [3.63, 3.8) is 0 Å². The number of carbonyl (C=O) groups excluding carboxylic acids is 1. The Bertz CT molecular complexity index is 420. The molecule has 1 aromatic rings. The van der Waals surface area contributed by atoms with Crippen LogP contribution in [0, 0.1) is 5.92 Å². The van der Waals surface area contributed by atoms with Crippen LogP contribution in [-0.4, -0.2) is 18.3 Å². The first-order chi connectivity index (χ1) is 8.20. The highest BCUT2D eigenvalue weighted by Crippen LogP contribution is 2.20. The van der Waals surface area contributed by atoms with Crippen LogP contribution in [0.3, 0.4) is 0 Å². The van der Waals surface area contributed by atoms with E-state index in [1.807, 2.05) is 25.1 Å². The van der Waals surface area contributed by atoms with Crippen LogP contribution < -0.4 is 5.32 Å². The Hall–Kier alpha value is -1.06. The quantitative estimate of drug-likeness (QED) is 0.837. The zero-order valence-corrected chi connectivity index (χ0v) is 10.6. The minimum Gasteiger partial charge on any atom is -0.372 e. The number of hydrogen-bond acceptors (Lipinski definition) is 2. The summed E-state index contributed by atoms with van der Waals surface area (Å²) in [6.07, 6.45) is 0. The van der Waals surface area contributed by atoms with Crippen LogP contribution in [0.4, 0.5) is 0 Å². The second-order valence-corrected chi connectivity index (χ2v) is 4.75. The largest absolute Gasteiger partial charge is 0.372 e. The molecule has 0 aromatic heterocycles. The monoisotopic (exact) mass is 253 g/mol. The molecule has 1 atom stereocenters. The van der Waals surface area contributed by atoms with E-state index in [0.29, 0.717) is 37.1 Å². The Kier molecular flexibility index (Phi) is 4.02. The maximum atomic E-state index is 11.9. The molecule has 0 spiro atoms. The van der Waals surface area contributed by atoms with E-state index < -0.39 is 0 Å². The smallest absolute Gasteiger partial charge is 0.251 e. The summed E-state index contributed by atoms with van der Waals surface area (Å²) in [5, 5.41) is 2.88. The number of hydrogen-bond donors (Lipinski definition) is 1. The zero-order valence-electron chi connectivity index (χ0n) is 9.83. The number of ether oxygens (including phenoxy) is 1. The van der Waals surface area contributed by atoms with E-state index >= 15 is 0 Å². The summed E-state index contributed by atoms with van der Waals surface area (Å²) in [5.41, 5.74) is 2.98. The molecule has 3 nitrogen and oxygen atoms in total. The first kappa shape index (κ1) is 12.4. The molecule has 0 radical (unpaired) electrons. The number of benzene rings is 1. The fourth-order valence-electron chi connectivity index (χ4n) is 1.74. The van der Waals surface area contributed by atoms with E-state index in [9.17, 15) is 4.79 Å². The first-order valence-electron chi connectivity index (χ1n) is 5.74. The second-order valence-electron chi connectivity index (χ2n) is 4.45. The van der Waals surface area contributed by atoms with Gasteiger partial charge in [-0.25, -0.2) is 0 Å². The van der Waals surface area contributed by atoms with Crippen molar-refractivity contribution < 1.29 is 9.53 Å². The Balaban J connectivity index is 2.00. The van der Waals surface area contributed by atoms with Gasteiger partial charge in [0.1, 0.15) is 0 Å². The molecule has 92 valence electrons. The van der Waals surface area contributed by atoms with Crippen molar-refractivity contribution in [2.24, 2.45) is 5.92 Å². The molecule has 1 aliphatic rings. The van der Waals surface area contributed by atoms with Gasteiger partial charge in [0, 0.05) is 18.0 Å². The predicted octanol–water partition coefficient (Wildman–Crippen LogP) is 2.32. The Morgan fingerprint density at radius 2 is 2.24 bits per heavy atom. The van der Waals surface area contributed by atoms with Gasteiger partial charge in [0.05, 0.1) is 13.2 Å². The number of nitrogens with one attached hydrogen (secondary N) is 1. The van der Waals surface area contributed by atoms with Crippen molar-refractivity contribution >= 4 is 17.5 Å². The van der Waals surface area contributed by atoms with Gasteiger partial charge >= 0.3 is 0 Å². The van der Waals surface area contributed by atoms with Crippen molar-refractivity contribution in [1.29, 1.82) is 0 Å². The lowest BCUT2D eigenvalue weighted by Crippen LogP contribution is -2.28. The topological polar surface area (TPSA) is 38.3 Å². The highest BCUT2D eigenvalue weighted by atomic mass is 35.5. The zero-order chi connectivity index (χ0) is 12.3. The number of fused-ring (bicyclic) bond motifs is 1. The number of halogens is 1. The fourth-order valence-corrected chi connectivity index (χ4v) is 1.85. The number of carbonyl (C=O) groups is 1. The van der Waals surface area contributed by atoms with E-state index in [4.69, 9.17) is 16.3 Å². The molecule has 17 heavy (non-hydrogen) atoms. The standard InChI is InChI=1S/C13H16ClNO2/c1-9(5-14)6-15-13(16)10-2-3-11-7-17-8-12(11)4-10/h2-4,9H,5-8H2,1H3,(H,15,16). The van der Waals surface area contributed by atoms with Crippen LogP contribution >= 0.6 is 11.6 Å². The van der Waals surface area contributed by atoms with Gasteiger partial charge in [0.2, 0.25) is 0 Å². The molecule has 1 aromatic carbocycles. The third-order valence-corrected chi connectivity index (χ3v) is 3.38. The minimum absolute atomic E-state index is 0.0448. The fraction of sp³-hybridized carbons (Fsp3) is 0.462. The molecule has 0 saturated carbocycles. The summed E-state index contributed by atoms with van der Waals surface area (Å²) in [5.74, 6) is 0.799. The average molecular weight is 254 g/mol. The molecule has 1 unspecified atom stereocenters. The summed E-state index contributed by atoms with van der Waals surface area (Å²) in [6.45, 7) is 3.87. The molecule has 1 amide bonds. The van der Waals surface area contributed by atoms with Crippen LogP contribution in [0.2, 0.25) is 0 Å². The molecule has 1 aliphatic heterocycles. The van der Waals surface area contributed by atoms with E-state index in [0.717, 1.165) is 5.56 Å². The number of alkyl halides is 1. The van der Waals surface area contributed by atoms with Crippen molar-refractivity contribution in [1.82, 2.24) is 5.32 Å². The maximum absolute atomic E-state index is 11.9. The lowest BCUT2D eigenvalue weighted by molar-refractivity contribution is 0.0949. The van der Waals surface area contributed by atoms with Crippen molar-refractivity contribution in [3.05, 3.63) is 34.9 Å². The molecule has 1 N–H and O–H groups in total. The third-order valence-electron chi connectivity index (χ3n) is 2.86. The lowest BCUT2D eigenvalue weighted by Gasteiger charge is -2.09.